The summed E-state index contributed by atoms with van der Waals surface area (Å²) < 4.78 is 0.713. The summed E-state index contributed by atoms with van der Waals surface area (Å²) in [4.78, 5) is 21.0. The third-order valence-corrected chi connectivity index (χ3v) is 7.21. The fourth-order valence-corrected chi connectivity index (χ4v) is 5.60. The van der Waals surface area contributed by atoms with E-state index in [9.17, 15) is 10.1 Å². The average molecular weight is 403 g/mol. The van der Waals surface area contributed by atoms with Crippen molar-refractivity contribution >= 4 is 45.0 Å². The van der Waals surface area contributed by atoms with Gasteiger partial charge in [0.25, 0.3) is 5.69 Å². The fourth-order valence-electron chi connectivity index (χ4n) is 3.51. The summed E-state index contributed by atoms with van der Waals surface area (Å²) in [5.41, 5.74) is 3.03. The maximum absolute atomic E-state index is 10.9. The topological polar surface area (TPSA) is 80.0 Å². The summed E-state index contributed by atoms with van der Waals surface area (Å²) in [6.45, 7) is 0.634. The number of nitrogens with zero attached hydrogens (tertiary/aromatic N) is 3. The highest BCUT2D eigenvalue weighted by Crippen LogP contribution is 2.56. The fraction of sp³-hybridized carbons (Fsp3) is 0.278. The Kier molecular flexibility index (Phi) is 4.75. The zero-order chi connectivity index (χ0) is 19.0. The highest BCUT2D eigenvalue weighted by atomic mass is 32.2. The Morgan fingerprint density at radius 2 is 2.07 bits per heavy atom. The third kappa shape index (κ3) is 2.95. The van der Waals surface area contributed by atoms with E-state index in [0.717, 1.165) is 15.8 Å². The second-order valence-electron chi connectivity index (χ2n) is 6.15. The number of non-ortho nitro benzene ring substituents is 1. The largest absolute Gasteiger partial charge is 0.362 e. The van der Waals surface area contributed by atoms with Crippen LogP contribution in [0.2, 0.25) is 0 Å². The predicted octanol–water partition coefficient (Wildman–Crippen LogP) is 4.08. The monoisotopic (exact) mass is 402 g/mol. The normalized spacial score (nSPS) is 23.4. The molecule has 0 fully saturated rings. The molecule has 0 amide bonds. The van der Waals surface area contributed by atoms with E-state index in [1.54, 1.807) is 42.8 Å². The van der Waals surface area contributed by atoms with Crippen LogP contribution in [-0.4, -0.2) is 35.4 Å². The first kappa shape index (κ1) is 18.1. The number of nitrogens with one attached hydrogen (secondary N) is 1. The molecule has 0 aliphatic carbocycles. The minimum Gasteiger partial charge on any atom is -0.362 e. The standard InChI is InChI=1S/C18H18N4O3S2/c1-25-21-15-6-4-3-5-14(15)18(11-19-17(26-2)27-18)16(21)20-12-7-9-13(10-8-12)22(23)24/h3-10,16,20H,11H2,1-2H3/t16-,18+/m1/s1. The lowest BCUT2D eigenvalue weighted by Crippen LogP contribution is -2.48. The summed E-state index contributed by atoms with van der Waals surface area (Å²) in [5, 5.41) is 16.3. The van der Waals surface area contributed by atoms with Gasteiger partial charge >= 0.3 is 0 Å². The molecule has 2 aliphatic rings. The number of rotatable bonds is 4. The van der Waals surface area contributed by atoms with Crippen LogP contribution in [0, 0.1) is 10.1 Å². The molecule has 2 aliphatic heterocycles. The number of anilines is 2. The van der Waals surface area contributed by atoms with Gasteiger partial charge in [0.1, 0.15) is 15.3 Å². The summed E-state index contributed by atoms with van der Waals surface area (Å²) >= 11 is 3.38. The van der Waals surface area contributed by atoms with Crippen LogP contribution in [0.25, 0.3) is 0 Å². The molecule has 0 aromatic heterocycles. The Hall–Kier alpha value is -2.23. The van der Waals surface area contributed by atoms with E-state index >= 15 is 0 Å². The summed E-state index contributed by atoms with van der Waals surface area (Å²) in [6, 6.07) is 14.6. The highest BCUT2D eigenvalue weighted by Gasteiger charge is 2.55. The van der Waals surface area contributed by atoms with Crippen molar-refractivity contribution in [2.45, 2.75) is 10.9 Å². The number of thioether (sulfide) groups is 2. The molecular weight excluding hydrogens is 384 g/mol. The molecule has 2 aromatic carbocycles. The number of hydrogen-bond donors (Lipinski definition) is 1. The number of para-hydroxylation sites is 1. The minimum absolute atomic E-state index is 0.0665. The molecule has 1 spiro atoms. The maximum atomic E-state index is 10.9. The van der Waals surface area contributed by atoms with E-state index in [0.29, 0.717) is 6.54 Å². The van der Waals surface area contributed by atoms with Crippen LogP contribution >= 0.6 is 23.5 Å². The van der Waals surface area contributed by atoms with Gasteiger partial charge in [-0.1, -0.05) is 30.0 Å². The van der Waals surface area contributed by atoms with Gasteiger partial charge in [-0.2, -0.15) is 0 Å². The highest BCUT2D eigenvalue weighted by molar-refractivity contribution is 8.39. The quantitative estimate of drug-likeness (QED) is 0.610. The maximum Gasteiger partial charge on any atom is 0.269 e. The Bertz CT molecular complexity index is 906. The van der Waals surface area contributed by atoms with Crippen molar-refractivity contribution in [3.8, 4) is 0 Å². The number of nitro benzene ring substituents is 1. The summed E-state index contributed by atoms with van der Waals surface area (Å²) in [6.07, 6.45) is 1.82. The summed E-state index contributed by atoms with van der Waals surface area (Å²) in [7, 11) is 1.65. The van der Waals surface area contributed by atoms with Crippen molar-refractivity contribution in [3.05, 3.63) is 64.2 Å². The van der Waals surface area contributed by atoms with Crippen LogP contribution in [0.1, 0.15) is 5.56 Å². The Morgan fingerprint density at radius 1 is 1.33 bits per heavy atom. The molecular formula is C18H18N4O3S2. The van der Waals surface area contributed by atoms with Crippen molar-refractivity contribution in [1.82, 2.24) is 0 Å². The van der Waals surface area contributed by atoms with Crippen molar-refractivity contribution < 1.29 is 9.76 Å². The SMILES string of the molecule is CON1c2ccccc2[C@@]2(CN=C(SC)S2)[C@@H]1Nc1ccc([N+](=O)[O-])cc1. The van der Waals surface area contributed by atoms with Gasteiger partial charge in [0.05, 0.1) is 24.3 Å². The van der Waals surface area contributed by atoms with Crippen molar-refractivity contribution in [2.24, 2.45) is 4.99 Å². The molecule has 2 atom stereocenters. The van der Waals surface area contributed by atoms with Gasteiger partial charge in [-0.05, 0) is 24.5 Å². The molecule has 2 heterocycles. The zero-order valence-electron chi connectivity index (χ0n) is 14.8. The van der Waals surface area contributed by atoms with Gasteiger partial charge in [-0.25, -0.2) is 5.06 Å². The van der Waals surface area contributed by atoms with Gasteiger partial charge in [-0.3, -0.25) is 19.9 Å². The second-order valence-corrected chi connectivity index (χ2v) is 8.53. The average Bonchev–Trinajstić information content (AvgIpc) is 3.23. The van der Waals surface area contributed by atoms with Gasteiger partial charge in [0.2, 0.25) is 0 Å². The molecule has 0 bridgehead atoms. The van der Waals surface area contributed by atoms with Crippen LogP contribution in [0.5, 0.6) is 0 Å². The van der Waals surface area contributed by atoms with E-state index in [2.05, 4.69) is 11.4 Å². The number of hydrogen-bond acceptors (Lipinski definition) is 8. The molecule has 1 N–H and O–H groups in total. The van der Waals surface area contributed by atoms with Gasteiger partial charge in [0.15, 0.2) is 0 Å². The Labute approximate surface area is 165 Å². The lowest BCUT2D eigenvalue weighted by Gasteiger charge is -2.35. The molecule has 0 saturated carbocycles. The Balaban J connectivity index is 1.72. The first-order valence-electron chi connectivity index (χ1n) is 8.30. The van der Waals surface area contributed by atoms with Crippen molar-refractivity contribution in [2.75, 3.05) is 30.3 Å². The Morgan fingerprint density at radius 3 is 2.70 bits per heavy atom. The molecule has 4 rings (SSSR count). The first-order valence-corrected chi connectivity index (χ1v) is 10.3. The molecule has 27 heavy (non-hydrogen) atoms. The van der Waals surface area contributed by atoms with E-state index in [1.165, 1.54) is 17.7 Å². The first-order chi connectivity index (χ1) is 13.1. The van der Waals surface area contributed by atoms with E-state index in [4.69, 9.17) is 9.83 Å². The molecule has 7 nitrogen and oxygen atoms in total. The van der Waals surface area contributed by atoms with Crippen LogP contribution in [0.3, 0.4) is 0 Å². The molecule has 0 unspecified atom stereocenters. The zero-order valence-corrected chi connectivity index (χ0v) is 16.4. The van der Waals surface area contributed by atoms with Crippen molar-refractivity contribution in [1.29, 1.82) is 0 Å². The number of nitro groups is 1. The molecule has 9 heteroatoms. The molecule has 2 aromatic rings. The van der Waals surface area contributed by atoms with Crippen LogP contribution in [-0.2, 0) is 9.58 Å². The number of fused-ring (bicyclic) bond motifs is 2. The lowest BCUT2D eigenvalue weighted by atomic mass is 9.97. The second kappa shape index (κ2) is 7.06. The minimum atomic E-state index is -0.399. The van der Waals surface area contributed by atoms with E-state index < -0.39 is 4.92 Å². The number of benzene rings is 2. The number of aliphatic imine (C=N–C) groups is 1. The van der Waals surface area contributed by atoms with Crippen LogP contribution in [0.4, 0.5) is 17.1 Å². The van der Waals surface area contributed by atoms with Crippen molar-refractivity contribution in [3.63, 3.8) is 0 Å². The summed E-state index contributed by atoms with van der Waals surface area (Å²) in [5.74, 6) is 0. The van der Waals surface area contributed by atoms with E-state index in [-0.39, 0.29) is 16.6 Å². The lowest BCUT2D eigenvalue weighted by molar-refractivity contribution is -0.384. The van der Waals surface area contributed by atoms with E-state index in [1.807, 2.05) is 29.5 Å². The molecule has 0 radical (unpaired) electrons. The van der Waals surface area contributed by atoms with Gasteiger partial charge < -0.3 is 5.32 Å². The van der Waals surface area contributed by atoms with Gasteiger partial charge in [0, 0.05) is 23.4 Å². The van der Waals surface area contributed by atoms with Crippen LogP contribution < -0.4 is 10.4 Å². The third-order valence-electron chi connectivity index (χ3n) is 4.74. The van der Waals surface area contributed by atoms with Crippen LogP contribution in [0.15, 0.2) is 53.5 Å². The predicted molar refractivity (Wildman–Crippen MR) is 112 cm³/mol. The van der Waals surface area contributed by atoms with Gasteiger partial charge in [-0.15, -0.1) is 11.8 Å². The smallest absolute Gasteiger partial charge is 0.269 e. The molecule has 140 valence electrons. The number of hydroxylamine groups is 1. The molecule has 0 saturated heterocycles.